The van der Waals surface area contributed by atoms with Gasteiger partial charge in [0.25, 0.3) is 0 Å². The van der Waals surface area contributed by atoms with Crippen LogP contribution in [0.5, 0.6) is 5.75 Å². The monoisotopic (exact) mass is 317 g/mol. The Morgan fingerprint density at radius 1 is 0.833 bits per heavy atom. The quantitative estimate of drug-likeness (QED) is 0.646. The number of benzene rings is 3. The highest BCUT2D eigenvalue weighted by Gasteiger charge is 2.09. The maximum Gasteiger partial charge on any atom is 0.193 e. The van der Waals surface area contributed by atoms with Gasteiger partial charge in [-0.05, 0) is 43.3 Å². The SMILES string of the molecule is CCOc1ccc(Nc2cccc(C(=O)c3ccccc3)c2)cc1. The maximum atomic E-state index is 12.5. The second kappa shape index (κ2) is 7.47. The normalized spacial score (nSPS) is 10.2. The van der Waals surface area contributed by atoms with Crippen molar-refractivity contribution < 1.29 is 9.53 Å². The Hall–Kier alpha value is -3.07. The summed E-state index contributed by atoms with van der Waals surface area (Å²) in [4.78, 5) is 12.5. The first-order valence-electron chi connectivity index (χ1n) is 7.96. The fourth-order valence-electron chi connectivity index (χ4n) is 2.46. The highest BCUT2D eigenvalue weighted by Crippen LogP contribution is 2.21. The van der Waals surface area contributed by atoms with E-state index in [-0.39, 0.29) is 5.78 Å². The van der Waals surface area contributed by atoms with Gasteiger partial charge >= 0.3 is 0 Å². The standard InChI is InChI=1S/C21H19NO2/c1-2-24-20-13-11-18(12-14-20)22-19-10-6-9-17(15-19)21(23)16-7-4-3-5-8-16/h3-15,22H,2H2,1H3. The molecule has 0 aliphatic heterocycles. The van der Waals surface area contributed by atoms with E-state index in [1.165, 1.54) is 0 Å². The largest absolute Gasteiger partial charge is 0.494 e. The van der Waals surface area contributed by atoms with E-state index < -0.39 is 0 Å². The smallest absolute Gasteiger partial charge is 0.193 e. The van der Waals surface area contributed by atoms with Crippen LogP contribution in [0.2, 0.25) is 0 Å². The van der Waals surface area contributed by atoms with E-state index in [1.807, 2.05) is 85.8 Å². The minimum absolute atomic E-state index is 0.0194. The number of nitrogens with one attached hydrogen (secondary N) is 1. The average molecular weight is 317 g/mol. The third-order valence-electron chi connectivity index (χ3n) is 3.61. The number of ether oxygens (including phenoxy) is 1. The summed E-state index contributed by atoms with van der Waals surface area (Å²) in [6.07, 6.45) is 0. The summed E-state index contributed by atoms with van der Waals surface area (Å²) in [5, 5.41) is 3.31. The van der Waals surface area contributed by atoms with Gasteiger partial charge < -0.3 is 10.1 Å². The van der Waals surface area contributed by atoms with E-state index >= 15 is 0 Å². The van der Waals surface area contributed by atoms with Crippen LogP contribution in [0.1, 0.15) is 22.8 Å². The second-order valence-electron chi connectivity index (χ2n) is 5.36. The molecule has 24 heavy (non-hydrogen) atoms. The summed E-state index contributed by atoms with van der Waals surface area (Å²) in [5.74, 6) is 0.863. The number of anilines is 2. The number of hydrogen-bond acceptors (Lipinski definition) is 3. The zero-order valence-corrected chi connectivity index (χ0v) is 13.5. The van der Waals surface area contributed by atoms with Crippen molar-refractivity contribution in [3.63, 3.8) is 0 Å². The molecule has 120 valence electrons. The topological polar surface area (TPSA) is 38.3 Å². The molecule has 0 saturated carbocycles. The fraction of sp³-hybridized carbons (Fsp3) is 0.0952. The van der Waals surface area contributed by atoms with Crippen molar-refractivity contribution in [2.45, 2.75) is 6.92 Å². The van der Waals surface area contributed by atoms with E-state index in [9.17, 15) is 4.79 Å². The zero-order chi connectivity index (χ0) is 16.8. The lowest BCUT2D eigenvalue weighted by Gasteiger charge is -2.09. The molecule has 3 rings (SSSR count). The molecule has 0 aliphatic carbocycles. The molecule has 0 radical (unpaired) electrons. The first-order valence-corrected chi connectivity index (χ1v) is 7.96. The van der Waals surface area contributed by atoms with Crippen LogP contribution in [-0.2, 0) is 0 Å². The van der Waals surface area contributed by atoms with E-state index in [0.717, 1.165) is 17.1 Å². The summed E-state index contributed by atoms with van der Waals surface area (Å²) in [6.45, 7) is 2.61. The van der Waals surface area contributed by atoms with Gasteiger partial charge in [0.2, 0.25) is 0 Å². The van der Waals surface area contributed by atoms with E-state index in [4.69, 9.17) is 4.74 Å². The molecule has 3 heteroatoms. The van der Waals surface area contributed by atoms with Crippen LogP contribution in [-0.4, -0.2) is 12.4 Å². The summed E-state index contributed by atoms with van der Waals surface area (Å²) >= 11 is 0. The Morgan fingerprint density at radius 2 is 1.54 bits per heavy atom. The number of rotatable bonds is 6. The summed E-state index contributed by atoms with van der Waals surface area (Å²) in [5.41, 5.74) is 3.18. The van der Waals surface area contributed by atoms with Gasteiger partial charge in [0.1, 0.15) is 5.75 Å². The molecule has 0 bridgehead atoms. The van der Waals surface area contributed by atoms with Gasteiger partial charge in [0.05, 0.1) is 6.61 Å². The van der Waals surface area contributed by atoms with Gasteiger partial charge in [0, 0.05) is 22.5 Å². The summed E-state index contributed by atoms with van der Waals surface area (Å²) < 4.78 is 5.44. The predicted octanol–water partition coefficient (Wildman–Crippen LogP) is 5.06. The van der Waals surface area contributed by atoms with Crippen LogP contribution in [0.15, 0.2) is 78.9 Å². The van der Waals surface area contributed by atoms with Gasteiger partial charge in [-0.3, -0.25) is 4.79 Å². The van der Waals surface area contributed by atoms with Crippen LogP contribution in [0, 0.1) is 0 Å². The number of carbonyl (C=O) groups excluding carboxylic acids is 1. The molecule has 3 nitrogen and oxygen atoms in total. The Labute approximate surface area is 141 Å². The lowest BCUT2D eigenvalue weighted by molar-refractivity contribution is 0.103. The van der Waals surface area contributed by atoms with Crippen molar-refractivity contribution in [3.05, 3.63) is 90.0 Å². The molecular weight excluding hydrogens is 298 g/mol. The molecule has 0 unspecified atom stereocenters. The Morgan fingerprint density at radius 3 is 2.25 bits per heavy atom. The number of carbonyl (C=O) groups is 1. The van der Waals surface area contributed by atoms with Crippen LogP contribution in [0.3, 0.4) is 0 Å². The molecule has 0 saturated heterocycles. The van der Waals surface area contributed by atoms with Gasteiger partial charge in [-0.25, -0.2) is 0 Å². The first-order chi connectivity index (χ1) is 11.8. The van der Waals surface area contributed by atoms with E-state index in [2.05, 4.69) is 5.32 Å². The van der Waals surface area contributed by atoms with Gasteiger partial charge in [-0.15, -0.1) is 0 Å². The number of hydrogen-bond donors (Lipinski definition) is 1. The molecule has 3 aromatic rings. The van der Waals surface area contributed by atoms with Crippen molar-refractivity contribution in [1.29, 1.82) is 0 Å². The van der Waals surface area contributed by atoms with Crippen molar-refractivity contribution in [2.75, 3.05) is 11.9 Å². The molecule has 0 heterocycles. The van der Waals surface area contributed by atoms with Crippen molar-refractivity contribution >= 4 is 17.2 Å². The van der Waals surface area contributed by atoms with Gasteiger partial charge in [0.15, 0.2) is 5.78 Å². The Balaban J connectivity index is 1.77. The molecule has 1 N–H and O–H groups in total. The first kappa shape index (κ1) is 15.8. The van der Waals surface area contributed by atoms with Crippen LogP contribution in [0.4, 0.5) is 11.4 Å². The molecule has 0 atom stereocenters. The highest BCUT2D eigenvalue weighted by molar-refractivity contribution is 6.09. The summed E-state index contributed by atoms with van der Waals surface area (Å²) in [7, 11) is 0. The Kier molecular flexibility index (Phi) is 4.92. The van der Waals surface area contributed by atoms with Crippen molar-refractivity contribution in [2.24, 2.45) is 0 Å². The third kappa shape index (κ3) is 3.82. The van der Waals surface area contributed by atoms with E-state index in [1.54, 1.807) is 0 Å². The predicted molar refractivity (Wildman–Crippen MR) is 97.2 cm³/mol. The third-order valence-corrected chi connectivity index (χ3v) is 3.61. The van der Waals surface area contributed by atoms with Crippen molar-refractivity contribution in [3.8, 4) is 5.75 Å². The average Bonchev–Trinajstić information content (AvgIpc) is 2.64. The highest BCUT2D eigenvalue weighted by atomic mass is 16.5. The maximum absolute atomic E-state index is 12.5. The molecular formula is C21H19NO2. The minimum atomic E-state index is 0.0194. The van der Waals surface area contributed by atoms with Gasteiger partial charge in [-0.1, -0.05) is 42.5 Å². The molecule has 0 amide bonds. The Bertz CT molecular complexity index is 811. The minimum Gasteiger partial charge on any atom is -0.494 e. The van der Waals surface area contributed by atoms with Gasteiger partial charge in [-0.2, -0.15) is 0 Å². The van der Waals surface area contributed by atoms with Crippen LogP contribution >= 0.6 is 0 Å². The number of ketones is 1. The zero-order valence-electron chi connectivity index (χ0n) is 13.5. The lowest BCUT2D eigenvalue weighted by atomic mass is 10.0. The van der Waals surface area contributed by atoms with Crippen molar-refractivity contribution in [1.82, 2.24) is 0 Å². The van der Waals surface area contributed by atoms with Crippen LogP contribution in [0.25, 0.3) is 0 Å². The molecule has 0 aromatic heterocycles. The summed E-state index contributed by atoms with van der Waals surface area (Å²) in [6, 6.07) is 24.6. The second-order valence-corrected chi connectivity index (χ2v) is 5.36. The molecule has 0 spiro atoms. The lowest BCUT2D eigenvalue weighted by Crippen LogP contribution is -2.01. The molecule has 0 fully saturated rings. The molecule has 3 aromatic carbocycles. The van der Waals surface area contributed by atoms with E-state index in [0.29, 0.717) is 17.7 Å². The fourth-order valence-corrected chi connectivity index (χ4v) is 2.46. The van der Waals surface area contributed by atoms with Crippen LogP contribution < -0.4 is 10.1 Å². The molecule has 0 aliphatic rings.